The number of esters is 1. The maximum atomic E-state index is 11.4. The van der Waals surface area contributed by atoms with Gasteiger partial charge in [0, 0.05) is 0 Å². The van der Waals surface area contributed by atoms with E-state index >= 15 is 0 Å². The maximum Gasteiger partial charge on any atom is 0.309 e. The van der Waals surface area contributed by atoms with Crippen LogP contribution >= 0.6 is 0 Å². The highest BCUT2D eigenvalue weighted by Crippen LogP contribution is 2.53. The van der Waals surface area contributed by atoms with E-state index in [0.717, 1.165) is 6.42 Å². The fourth-order valence-corrected chi connectivity index (χ4v) is 2.55. The van der Waals surface area contributed by atoms with Gasteiger partial charge in [-0.05, 0) is 31.1 Å². The number of carboxylic acid groups (broad SMARTS) is 1. The highest BCUT2D eigenvalue weighted by molar-refractivity contribution is 5.81. The molecule has 14 heavy (non-hydrogen) atoms. The van der Waals surface area contributed by atoms with E-state index in [1.165, 1.54) is 7.11 Å². The second-order valence-corrected chi connectivity index (χ2v) is 4.30. The molecular weight excluding hydrogens is 184 g/mol. The molecule has 0 spiro atoms. The van der Waals surface area contributed by atoms with Gasteiger partial charge in [0.25, 0.3) is 0 Å². The monoisotopic (exact) mass is 198 g/mol. The van der Waals surface area contributed by atoms with Gasteiger partial charge in [-0.15, -0.1) is 0 Å². The normalized spacial score (nSPS) is 39.8. The number of ether oxygens (including phenoxy) is 1. The minimum Gasteiger partial charge on any atom is -0.481 e. The van der Waals surface area contributed by atoms with E-state index in [4.69, 9.17) is 5.11 Å². The third-order valence-corrected chi connectivity index (χ3v) is 3.49. The topological polar surface area (TPSA) is 63.6 Å². The molecule has 4 atom stereocenters. The van der Waals surface area contributed by atoms with Crippen molar-refractivity contribution in [3.8, 4) is 0 Å². The van der Waals surface area contributed by atoms with E-state index in [2.05, 4.69) is 4.74 Å². The molecule has 0 unspecified atom stereocenters. The Kier molecular flexibility index (Phi) is 2.21. The zero-order chi connectivity index (χ0) is 10.3. The average molecular weight is 198 g/mol. The molecule has 4 heteroatoms. The molecule has 2 saturated carbocycles. The summed E-state index contributed by atoms with van der Waals surface area (Å²) in [6.45, 7) is 0. The van der Waals surface area contributed by atoms with Crippen molar-refractivity contribution in [3.63, 3.8) is 0 Å². The van der Waals surface area contributed by atoms with Crippen LogP contribution in [0.4, 0.5) is 0 Å². The van der Waals surface area contributed by atoms with E-state index in [-0.39, 0.29) is 5.97 Å². The molecule has 0 aromatic carbocycles. The molecule has 0 saturated heterocycles. The Balaban J connectivity index is 2.10. The summed E-state index contributed by atoms with van der Waals surface area (Å²) in [4.78, 5) is 22.3. The number of carbonyl (C=O) groups excluding carboxylic acids is 1. The van der Waals surface area contributed by atoms with Gasteiger partial charge in [-0.2, -0.15) is 0 Å². The summed E-state index contributed by atoms with van der Waals surface area (Å²) >= 11 is 0. The number of fused-ring (bicyclic) bond motifs is 1. The van der Waals surface area contributed by atoms with Crippen molar-refractivity contribution in [1.29, 1.82) is 0 Å². The molecule has 2 aliphatic rings. The van der Waals surface area contributed by atoms with Crippen LogP contribution in [0.1, 0.15) is 19.3 Å². The summed E-state index contributed by atoms with van der Waals surface area (Å²) in [5.74, 6) is -1.02. The Morgan fingerprint density at radius 3 is 2.21 bits per heavy atom. The number of methoxy groups -OCH3 is 1. The minimum absolute atomic E-state index is 0.359. The van der Waals surface area contributed by atoms with E-state index in [1.807, 2.05) is 0 Å². The van der Waals surface area contributed by atoms with Crippen molar-refractivity contribution >= 4 is 11.9 Å². The van der Waals surface area contributed by atoms with E-state index in [1.54, 1.807) is 0 Å². The highest BCUT2D eigenvalue weighted by atomic mass is 16.5. The van der Waals surface area contributed by atoms with Crippen LogP contribution in [0.25, 0.3) is 0 Å². The standard InChI is InChI=1S/C10H14O4/c1-14-10(13)8-4-6-2-5(6)3-7(8)9(11)12/h5-8H,2-4H2,1H3,(H,11,12)/t5-,6+,7+,8-/m1/s1. The largest absolute Gasteiger partial charge is 0.481 e. The summed E-state index contributed by atoms with van der Waals surface area (Å²) in [7, 11) is 1.32. The smallest absolute Gasteiger partial charge is 0.309 e. The van der Waals surface area contributed by atoms with Crippen LogP contribution < -0.4 is 0 Å². The first-order valence-electron chi connectivity index (χ1n) is 4.94. The molecule has 2 rings (SSSR count). The van der Waals surface area contributed by atoms with Gasteiger partial charge < -0.3 is 9.84 Å². The van der Waals surface area contributed by atoms with Gasteiger partial charge in [0.2, 0.25) is 0 Å². The Bertz CT molecular complexity index is 273. The zero-order valence-corrected chi connectivity index (χ0v) is 8.10. The van der Waals surface area contributed by atoms with Crippen molar-refractivity contribution in [2.45, 2.75) is 19.3 Å². The lowest BCUT2D eigenvalue weighted by Crippen LogP contribution is -2.34. The van der Waals surface area contributed by atoms with Gasteiger partial charge in [-0.1, -0.05) is 0 Å². The second kappa shape index (κ2) is 3.26. The molecule has 0 aliphatic heterocycles. The number of carboxylic acids is 1. The fraction of sp³-hybridized carbons (Fsp3) is 0.800. The quantitative estimate of drug-likeness (QED) is 0.670. The van der Waals surface area contributed by atoms with Gasteiger partial charge in [-0.25, -0.2) is 0 Å². The first-order chi connectivity index (χ1) is 6.63. The molecule has 0 amide bonds. The zero-order valence-electron chi connectivity index (χ0n) is 8.10. The number of rotatable bonds is 2. The van der Waals surface area contributed by atoms with Crippen molar-refractivity contribution in [2.75, 3.05) is 7.11 Å². The van der Waals surface area contributed by atoms with Crippen molar-refractivity contribution in [2.24, 2.45) is 23.7 Å². The lowest BCUT2D eigenvalue weighted by molar-refractivity contribution is -0.157. The van der Waals surface area contributed by atoms with E-state index in [9.17, 15) is 9.59 Å². The van der Waals surface area contributed by atoms with E-state index < -0.39 is 17.8 Å². The third-order valence-electron chi connectivity index (χ3n) is 3.49. The van der Waals surface area contributed by atoms with Crippen LogP contribution in [-0.4, -0.2) is 24.2 Å². The second-order valence-electron chi connectivity index (χ2n) is 4.30. The molecule has 0 heterocycles. The van der Waals surface area contributed by atoms with Crippen LogP contribution in [0, 0.1) is 23.7 Å². The third kappa shape index (κ3) is 1.49. The molecular formula is C10H14O4. The van der Waals surface area contributed by atoms with Gasteiger partial charge in [0.1, 0.15) is 0 Å². The predicted molar refractivity (Wildman–Crippen MR) is 47.5 cm³/mol. The van der Waals surface area contributed by atoms with Crippen molar-refractivity contribution < 1.29 is 19.4 Å². The summed E-state index contributed by atoms with van der Waals surface area (Å²) in [5, 5.41) is 8.98. The lowest BCUT2D eigenvalue weighted by Gasteiger charge is -2.25. The summed E-state index contributed by atoms with van der Waals surface area (Å²) in [5.41, 5.74) is 0. The van der Waals surface area contributed by atoms with E-state index in [0.29, 0.717) is 24.7 Å². The van der Waals surface area contributed by atoms with Crippen LogP contribution in [0.2, 0.25) is 0 Å². The first kappa shape index (κ1) is 9.49. The Morgan fingerprint density at radius 1 is 1.14 bits per heavy atom. The molecule has 1 N–H and O–H groups in total. The number of hydrogen-bond donors (Lipinski definition) is 1. The molecule has 2 fully saturated rings. The van der Waals surface area contributed by atoms with Crippen LogP contribution in [-0.2, 0) is 14.3 Å². The molecule has 2 aliphatic carbocycles. The Morgan fingerprint density at radius 2 is 1.71 bits per heavy atom. The summed E-state index contributed by atoms with van der Waals surface area (Å²) in [6, 6.07) is 0. The molecule has 78 valence electrons. The van der Waals surface area contributed by atoms with Gasteiger partial charge in [0.15, 0.2) is 0 Å². The molecule has 0 aromatic heterocycles. The SMILES string of the molecule is COC(=O)[C@@H]1C[C@@H]2C[C@@H]2C[C@@H]1C(=O)O. The average Bonchev–Trinajstić information content (AvgIpc) is 2.92. The number of carbonyl (C=O) groups is 2. The lowest BCUT2D eigenvalue weighted by atomic mass is 9.79. The fourth-order valence-electron chi connectivity index (χ4n) is 2.55. The van der Waals surface area contributed by atoms with Crippen LogP contribution in [0.3, 0.4) is 0 Å². The molecule has 0 bridgehead atoms. The van der Waals surface area contributed by atoms with Gasteiger partial charge in [0.05, 0.1) is 18.9 Å². The minimum atomic E-state index is -0.856. The molecule has 4 nitrogen and oxygen atoms in total. The summed E-state index contributed by atoms with van der Waals surface area (Å²) in [6.07, 6.45) is 2.45. The van der Waals surface area contributed by atoms with Crippen molar-refractivity contribution in [3.05, 3.63) is 0 Å². The maximum absolute atomic E-state index is 11.4. The van der Waals surface area contributed by atoms with Crippen LogP contribution in [0.15, 0.2) is 0 Å². The van der Waals surface area contributed by atoms with Crippen LogP contribution in [0.5, 0.6) is 0 Å². The Hall–Kier alpha value is -1.06. The highest BCUT2D eigenvalue weighted by Gasteiger charge is 2.51. The van der Waals surface area contributed by atoms with Crippen molar-refractivity contribution in [1.82, 2.24) is 0 Å². The number of aliphatic carboxylic acids is 1. The van der Waals surface area contributed by atoms with Gasteiger partial charge >= 0.3 is 11.9 Å². The summed E-state index contributed by atoms with van der Waals surface area (Å²) < 4.78 is 4.63. The first-order valence-corrected chi connectivity index (χ1v) is 4.94. The predicted octanol–water partition coefficient (Wildman–Crippen LogP) is 0.906. The molecule has 0 radical (unpaired) electrons. The molecule has 0 aromatic rings. The van der Waals surface area contributed by atoms with Gasteiger partial charge in [-0.3, -0.25) is 9.59 Å². The Labute approximate surface area is 82.2 Å². The number of hydrogen-bond acceptors (Lipinski definition) is 3.